The van der Waals surface area contributed by atoms with Crippen molar-refractivity contribution in [2.24, 2.45) is 5.92 Å². The van der Waals surface area contributed by atoms with Gasteiger partial charge in [-0.15, -0.1) is 19.7 Å². The van der Waals surface area contributed by atoms with Crippen LogP contribution >= 0.6 is 12.6 Å². The molecule has 3 rings (SSSR count). The first kappa shape index (κ1) is 36.8. The van der Waals surface area contributed by atoms with E-state index < -0.39 is 0 Å². The van der Waals surface area contributed by atoms with Gasteiger partial charge in [0.05, 0.1) is 5.70 Å². The predicted octanol–water partition coefficient (Wildman–Crippen LogP) is 10.6. The van der Waals surface area contributed by atoms with Gasteiger partial charge < -0.3 is 5.32 Å². The van der Waals surface area contributed by atoms with E-state index in [4.69, 9.17) is 0 Å². The summed E-state index contributed by atoms with van der Waals surface area (Å²) in [4.78, 5) is 12.4. The molecule has 0 spiro atoms. The van der Waals surface area contributed by atoms with Crippen molar-refractivity contribution in [3.63, 3.8) is 0 Å². The molecule has 1 N–H and O–H groups in total. The van der Waals surface area contributed by atoms with E-state index in [0.29, 0.717) is 11.8 Å². The Labute approximate surface area is 259 Å². The molecule has 0 fully saturated rings. The van der Waals surface area contributed by atoms with Gasteiger partial charge in [-0.2, -0.15) is 12.6 Å². The van der Waals surface area contributed by atoms with E-state index in [1.165, 1.54) is 77.5 Å². The highest BCUT2D eigenvalue weighted by Crippen LogP contribution is 2.38. The number of hydrogen-bond donors (Lipinski definition) is 2. The fourth-order valence-electron chi connectivity index (χ4n) is 6.41. The first-order valence-electron chi connectivity index (χ1n) is 15.8. The monoisotopic (exact) mass is 577 g/mol. The first-order chi connectivity index (χ1) is 19.5. The summed E-state index contributed by atoms with van der Waals surface area (Å²) in [5.74, 6) is 0.977. The number of ketones is 1. The van der Waals surface area contributed by atoms with Crippen molar-refractivity contribution in [3.8, 4) is 0 Å². The van der Waals surface area contributed by atoms with E-state index in [1.807, 2.05) is 6.92 Å². The number of unbranched alkanes of at least 4 members (excludes halogenated alkanes) is 2. The molecule has 1 aromatic carbocycles. The third-order valence-corrected chi connectivity index (χ3v) is 8.65. The first-order valence-corrected chi connectivity index (χ1v) is 16.3. The third kappa shape index (κ3) is 11.2. The van der Waals surface area contributed by atoms with Crippen molar-refractivity contribution < 1.29 is 4.79 Å². The minimum Gasteiger partial charge on any atom is -0.378 e. The van der Waals surface area contributed by atoms with Crippen LogP contribution in [0.1, 0.15) is 121 Å². The second-order valence-electron chi connectivity index (χ2n) is 11.9. The molecule has 3 heteroatoms. The molecule has 4 unspecified atom stereocenters. The zero-order valence-electron chi connectivity index (χ0n) is 27.4. The molecule has 0 saturated heterocycles. The Morgan fingerprint density at radius 3 is 2.41 bits per heavy atom. The van der Waals surface area contributed by atoms with Gasteiger partial charge in [0.25, 0.3) is 0 Å². The van der Waals surface area contributed by atoms with Crippen molar-refractivity contribution in [2.45, 2.75) is 130 Å². The SMILES string of the molecule is C=C.C=C(CCC1=C(C(C)=O)NC(C(C)S)C1C)Cc1cc(CCCCC)cc(C)c1C1C=C(C)CCC1.C=CC. The topological polar surface area (TPSA) is 29.1 Å². The van der Waals surface area contributed by atoms with E-state index in [1.54, 1.807) is 13.0 Å². The van der Waals surface area contributed by atoms with Gasteiger partial charge in [-0.1, -0.05) is 75.6 Å². The fraction of sp³-hybridized carbons (Fsp3) is 0.553. The Hall–Kier alpha value is -2.26. The number of nitrogens with one attached hydrogen (secondary N) is 1. The van der Waals surface area contributed by atoms with Crippen LogP contribution in [0.2, 0.25) is 0 Å². The van der Waals surface area contributed by atoms with Crippen LogP contribution in [0.25, 0.3) is 0 Å². The second kappa shape index (κ2) is 19.0. The zero-order chi connectivity index (χ0) is 31.1. The number of aryl methyl sites for hydroxylation is 2. The molecule has 1 aliphatic carbocycles. The van der Waals surface area contributed by atoms with Crippen LogP contribution in [-0.4, -0.2) is 17.1 Å². The molecule has 2 nitrogen and oxygen atoms in total. The van der Waals surface area contributed by atoms with Crippen LogP contribution < -0.4 is 5.32 Å². The molecular weight excluding hydrogens is 518 g/mol. The number of rotatable bonds is 12. The molecule has 1 aliphatic heterocycles. The quantitative estimate of drug-likeness (QED) is 0.147. The third-order valence-electron chi connectivity index (χ3n) is 8.32. The molecule has 0 bridgehead atoms. The lowest BCUT2D eigenvalue weighted by Crippen LogP contribution is -2.35. The van der Waals surface area contributed by atoms with E-state index in [-0.39, 0.29) is 17.1 Å². The summed E-state index contributed by atoms with van der Waals surface area (Å²) in [7, 11) is 0. The normalized spacial score (nSPS) is 20.5. The van der Waals surface area contributed by atoms with Gasteiger partial charge in [0, 0.05) is 30.1 Å². The highest BCUT2D eigenvalue weighted by Gasteiger charge is 2.34. The van der Waals surface area contributed by atoms with Gasteiger partial charge in [0.1, 0.15) is 0 Å². The van der Waals surface area contributed by atoms with Crippen LogP contribution in [0.4, 0.5) is 0 Å². The number of benzene rings is 1. The Balaban J connectivity index is 0.00000157. The molecule has 0 aromatic heterocycles. The lowest BCUT2D eigenvalue weighted by Gasteiger charge is -2.26. The summed E-state index contributed by atoms with van der Waals surface area (Å²) in [5, 5.41) is 3.67. The number of carbonyl (C=O) groups excluding carboxylic acids is 1. The van der Waals surface area contributed by atoms with Crippen molar-refractivity contribution in [1.29, 1.82) is 0 Å². The molecule has 0 amide bonds. The van der Waals surface area contributed by atoms with Gasteiger partial charge in [0.2, 0.25) is 0 Å². The lowest BCUT2D eigenvalue weighted by atomic mass is 9.79. The maximum Gasteiger partial charge on any atom is 0.175 e. The number of allylic oxidation sites excluding steroid dienone is 5. The van der Waals surface area contributed by atoms with E-state index >= 15 is 0 Å². The Morgan fingerprint density at radius 2 is 1.85 bits per heavy atom. The average molecular weight is 578 g/mol. The van der Waals surface area contributed by atoms with Gasteiger partial charge in [-0.3, -0.25) is 4.79 Å². The fourth-order valence-corrected chi connectivity index (χ4v) is 6.74. The van der Waals surface area contributed by atoms with Gasteiger partial charge in [-0.25, -0.2) is 0 Å². The minimum absolute atomic E-state index is 0.135. The number of thiol groups is 1. The van der Waals surface area contributed by atoms with Crippen LogP contribution in [0.15, 0.2) is 73.0 Å². The maximum absolute atomic E-state index is 12.4. The standard InChI is InChI=1S/C33H49NOS.C3H6.C2H4/c1-8-9-10-13-27-19-23(4)31(28-14-11-12-21(2)17-28)29(20-27)18-22(3)15-16-30-24(5)32(26(7)36)34-33(30)25(6)35;1-3-2;1-2/h17,19-20,24,26,28,32,34,36H,3,8-16,18H2,1-2,4-7H3;3H,1H2,2H3;1-2H2. The lowest BCUT2D eigenvalue weighted by molar-refractivity contribution is -0.114. The summed E-state index contributed by atoms with van der Waals surface area (Å²) in [6.07, 6.45) is 15.7. The number of hydrogen-bond acceptors (Lipinski definition) is 3. The Bertz CT molecular complexity index is 1080. The molecule has 41 heavy (non-hydrogen) atoms. The summed E-state index contributed by atoms with van der Waals surface area (Å²) in [6.45, 7) is 28.7. The van der Waals surface area contributed by atoms with E-state index in [2.05, 4.69) is 97.1 Å². The van der Waals surface area contributed by atoms with Gasteiger partial charge >= 0.3 is 0 Å². The highest BCUT2D eigenvalue weighted by molar-refractivity contribution is 7.81. The van der Waals surface area contributed by atoms with E-state index in [9.17, 15) is 4.79 Å². The molecule has 4 atom stereocenters. The highest BCUT2D eigenvalue weighted by atomic mass is 32.1. The Kier molecular flexibility index (Phi) is 17.1. The molecule has 1 heterocycles. The molecule has 0 saturated carbocycles. The van der Waals surface area contributed by atoms with Crippen molar-refractivity contribution >= 4 is 18.4 Å². The van der Waals surface area contributed by atoms with Gasteiger partial charge in [0.15, 0.2) is 5.78 Å². The molecule has 1 aromatic rings. The largest absolute Gasteiger partial charge is 0.378 e. The molecule has 2 aliphatic rings. The minimum atomic E-state index is 0.135. The van der Waals surface area contributed by atoms with Crippen LogP contribution in [0.3, 0.4) is 0 Å². The molecule has 228 valence electrons. The Morgan fingerprint density at radius 1 is 1.20 bits per heavy atom. The molecular formula is C38H59NOS. The maximum atomic E-state index is 12.4. The van der Waals surface area contributed by atoms with Crippen LogP contribution in [0.5, 0.6) is 0 Å². The predicted molar refractivity (Wildman–Crippen MR) is 186 cm³/mol. The van der Waals surface area contributed by atoms with Gasteiger partial charge in [-0.05, 0) is 100.0 Å². The van der Waals surface area contributed by atoms with Crippen molar-refractivity contribution in [1.82, 2.24) is 5.32 Å². The summed E-state index contributed by atoms with van der Waals surface area (Å²) >= 11 is 4.67. The number of Topliss-reactive ketones (excluding diaryl/α,β-unsaturated/α-hetero) is 1. The van der Waals surface area contributed by atoms with Crippen LogP contribution in [0, 0.1) is 12.8 Å². The zero-order valence-corrected chi connectivity index (χ0v) is 28.3. The summed E-state index contributed by atoms with van der Waals surface area (Å²) < 4.78 is 0. The van der Waals surface area contributed by atoms with Crippen molar-refractivity contribution in [3.05, 3.63) is 95.3 Å². The second-order valence-corrected chi connectivity index (χ2v) is 12.8. The number of carbonyl (C=O) groups is 1. The average Bonchev–Trinajstić information content (AvgIpc) is 3.25. The van der Waals surface area contributed by atoms with Crippen LogP contribution in [-0.2, 0) is 17.6 Å². The van der Waals surface area contributed by atoms with E-state index in [0.717, 1.165) is 31.4 Å². The smallest absolute Gasteiger partial charge is 0.175 e. The van der Waals surface area contributed by atoms with Crippen molar-refractivity contribution in [2.75, 3.05) is 0 Å². The summed E-state index contributed by atoms with van der Waals surface area (Å²) in [6, 6.07) is 5.15. The summed E-state index contributed by atoms with van der Waals surface area (Å²) in [5.41, 5.74) is 10.8. The molecule has 0 radical (unpaired) electrons.